The third kappa shape index (κ3) is 3.75. The number of aromatic nitrogens is 4. The van der Waals surface area contributed by atoms with E-state index in [9.17, 15) is 9.59 Å². The van der Waals surface area contributed by atoms with Gasteiger partial charge in [0, 0.05) is 26.3 Å². The Morgan fingerprint density at radius 2 is 1.97 bits per heavy atom. The van der Waals surface area contributed by atoms with Gasteiger partial charge in [-0.05, 0) is 30.5 Å². The monoisotopic (exact) mass is 446 g/mol. The first-order chi connectivity index (χ1) is 15.6. The summed E-state index contributed by atoms with van der Waals surface area (Å²) in [5.74, 6) is 0.470. The van der Waals surface area contributed by atoms with Gasteiger partial charge < -0.3 is 10.2 Å². The van der Waals surface area contributed by atoms with E-state index in [0.717, 1.165) is 24.9 Å². The van der Waals surface area contributed by atoms with Gasteiger partial charge in [-0.25, -0.2) is 9.97 Å². The van der Waals surface area contributed by atoms with Crippen LogP contribution in [0, 0.1) is 0 Å². The summed E-state index contributed by atoms with van der Waals surface area (Å²) in [4.78, 5) is 42.0. The van der Waals surface area contributed by atoms with E-state index >= 15 is 0 Å². The summed E-state index contributed by atoms with van der Waals surface area (Å²) in [5, 5.41) is 3.68. The van der Waals surface area contributed by atoms with E-state index < -0.39 is 0 Å². The molecule has 1 aromatic carbocycles. The van der Waals surface area contributed by atoms with E-state index in [1.165, 1.54) is 15.9 Å². The van der Waals surface area contributed by atoms with Crippen molar-refractivity contribution in [2.45, 2.75) is 25.4 Å². The molecule has 1 saturated heterocycles. The maximum Gasteiger partial charge on any atom is 0.281 e. The van der Waals surface area contributed by atoms with Gasteiger partial charge in [-0.15, -0.1) is 0 Å². The highest BCUT2D eigenvalue weighted by Crippen LogP contribution is 2.32. The minimum atomic E-state index is -0.307. The van der Waals surface area contributed by atoms with E-state index in [4.69, 9.17) is 0 Å². The summed E-state index contributed by atoms with van der Waals surface area (Å²) < 4.78 is 1.47. The predicted molar refractivity (Wildman–Crippen MR) is 125 cm³/mol. The van der Waals surface area contributed by atoms with E-state index in [1.807, 2.05) is 53.4 Å². The molecule has 0 spiro atoms. The van der Waals surface area contributed by atoms with Crippen LogP contribution in [0.3, 0.4) is 0 Å². The number of rotatable bonds is 5. The van der Waals surface area contributed by atoms with Crippen molar-refractivity contribution in [1.82, 2.24) is 24.8 Å². The van der Waals surface area contributed by atoms with Gasteiger partial charge in [0.2, 0.25) is 5.91 Å². The van der Waals surface area contributed by atoms with Crippen LogP contribution in [0.5, 0.6) is 0 Å². The maximum atomic E-state index is 13.0. The molecule has 9 heteroatoms. The topological polar surface area (TPSA) is 93.0 Å². The minimum absolute atomic E-state index is 0.0272. The number of nitrogens with one attached hydrogen (secondary N) is 1. The number of thiazole rings is 1. The van der Waals surface area contributed by atoms with Gasteiger partial charge in [0.25, 0.3) is 5.56 Å². The third-order valence-electron chi connectivity index (χ3n) is 5.64. The summed E-state index contributed by atoms with van der Waals surface area (Å²) >= 11 is 1.34. The van der Waals surface area contributed by atoms with Crippen molar-refractivity contribution >= 4 is 32.7 Å². The number of amides is 1. The molecule has 1 amide bonds. The Bertz CT molecular complexity index is 1320. The number of anilines is 1. The fraction of sp³-hybridized carbons (Fsp3) is 0.261. The average Bonchev–Trinajstić information content (AvgIpc) is 3.48. The lowest BCUT2D eigenvalue weighted by Gasteiger charge is -2.23. The Kier molecular flexibility index (Phi) is 5.40. The highest BCUT2D eigenvalue weighted by Gasteiger charge is 2.33. The zero-order chi connectivity index (χ0) is 22.1. The van der Waals surface area contributed by atoms with Crippen molar-refractivity contribution in [3.63, 3.8) is 0 Å². The van der Waals surface area contributed by atoms with Crippen LogP contribution in [0.15, 0.2) is 59.5 Å². The summed E-state index contributed by atoms with van der Waals surface area (Å²) in [5.41, 5.74) is 1.79. The molecule has 0 saturated carbocycles. The van der Waals surface area contributed by atoms with Crippen LogP contribution >= 0.6 is 11.3 Å². The lowest BCUT2D eigenvalue weighted by molar-refractivity contribution is -0.122. The van der Waals surface area contributed by atoms with Crippen molar-refractivity contribution in [3.8, 4) is 11.5 Å². The molecule has 1 N–H and O–H groups in total. The number of benzene rings is 1. The number of fused-ring (bicyclic) bond motifs is 1. The van der Waals surface area contributed by atoms with Crippen molar-refractivity contribution in [2.75, 3.05) is 11.4 Å². The molecule has 5 rings (SSSR count). The first-order valence-corrected chi connectivity index (χ1v) is 11.3. The molecule has 0 bridgehead atoms. The number of carbonyl (C=O) groups is 1. The smallest absolute Gasteiger partial charge is 0.281 e. The standard InChI is InChI=1S/C23H22N6O2S/c1-28-19(16-10-5-6-12-24-16)27-21-18(22(28)31)26-23(32-21)29-13-7-11-17(29)20(30)25-14-15-8-3-2-4-9-15/h2-6,8-10,12,17H,7,11,13-14H2,1H3,(H,25,30). The summed E-state index contributed by atoms with van der Waals surface area (Å²) in [7, 11) is 1.67. The van der Waals surface area contributed by atoms with Gasteiger partial charge in [0.15, 0.2) is 21.3 Å². The predicted octanol–water partition coefficient (Wildman–Crippen LogP) is 2.74. The first kappa shape index (κ1) is 20.3. The summed E-state index contributed by atoms with van der Waals surface area (Å²) in [6.07, 6.45) is 3.32. The number of hydrogen-bond donors (Lipinski definition) is 1. The normalized spacial score (nSPS) is 15.9. The fourth-order valence-electron chi connectivity index (χ4n) is 3.96. The van der Waals surface area contributed by atoms with Gasteiger partial charge in [0.1, 0.15) is 11.7 Å². The molecule has 32 heavy (non-hydrogen) atoms. The SMILES string of the molecule is Cn1c(-c2ccccn2)nc2sc(N3CCCC3C(=O)NCc3ccccc3)nc2c1=O. The molecule has 4 aromatic rings. The molecule has 1 unspecified atom stereocenters. The fourth-order valence-corrected chi connectivity index (χ4v) is 4.97. The average molecular weight is 447 g/mol. The second-order valence-electron chi connectivity index (χ2n) is 7.72. The Labute approximate surface area is 188 Å². The van der Waals surface area contributed by atoms with Crippen molar-refractivity contribution in [3.05, 3.63) is 70.6 Å². The van der Waals surface area contributed by atoms with E-state index in [1.54, 1.807) is 13.2 Å². The maximum absolute atomic E-state index is 13.0. The van der Waals surface area contributed by atoms with Crippen LogP contribution < -0.4 is 15.8 Å². The van der Waals surface area contributed by atoms with Crippen LogP contribution in [0.2, 0.25) is 0 Å². The second kappa shape index (κ2) is 8.51. The van der Waals surface area contributed by atoms with E-state index in [-0.39, 0.29) is 17.5 Å². The number of nitrogens with zero attached hydrogens (tertiary/aromatic N) is 5. The van der Waals surface area contributed by atoms with Gasteiger partial charge in [-0.1, -0.05) is 47.7 Å². The number of carbonyl (C=O) groups excluding carboxylic acids is 1. The van der Waals surface area contributed by atoms with Crippen LogP contribution in [0.4, 0.5) is 5.13 Å². The van der Waals surface area contributed by atoms with Gasteiger partial charge in [0.05, 0.1) is 0 Å². The van der Waals surface area contributed by atoms with Gasteiger partial charge in [-0.3, -0.25) is 19.1 Å². The second-order valence-corrected chi connectivity index (χ2v) is 8.68. The molecule has 162 valence electrons. The summed E-state index contributed by atoms with van der Waals surface area (Å²) in [6.45, 7) is 1.20. The lowest BCUT2D eigenvalue weighted by Crippen LogP contribution is -2.43. The van der Waals surface area contributed by atoms with E-state index in [0.29, 0.717) is 33.5 Å². The quantitative estimate of drug-likeness (QED) is 0.507. The Balaban J connectivity index is 1.43. The lowest BCUT2D eigenvalue weighted by atomic mass is 10.2. The largest absolute Gasteiger partial charge is 0.350 e. The van der Waals surface area contributed by atoms with Crippen molar-refractivity contribution in [1.29, 1.82) is 0 Å². The van der Waals surface area contributed by atoms with Crippen LogP contribution in [-0.4, -0.2) is 38.0 Å². The van der Waals surface area contributed by atoms with Crippen LogP contribution in [0.25, 0.3) is 21.9 Å². The molecule has 3 aromatic heterocycles. The Morgan fingerprint density at radius 1 is 1.16 bits per heavy atom. The molecule has 1 fully saturated rings. The molecule has 0 radical (unpaired) electrons. The highest BCUT2D eigenvalue weighted by molar-refractivity contribution is 7.21. The first-order valence-electron chi connectivity index (χ1n) is 10.5. The molecule has 1 aliphatic heterocycles. The molecule has 8 nitrogen and oxygen atoms in total. The van der Waals surface area contributed by atoms with E-state index in [2.05, 4.69) is 20.3 Å². The Hall–Kier alpha value is -3.59. The molecule has 0 aliphatic carbocycles. The molecular formula is C23H22N6O2S. The van der Waals surface area contributed by atoms with Crippen molar-refractivity contribution < 1.29 is 4.79 Å². The molecule has 1 atom stereocenters. The van der Waals surface area contributed by atoms with Crippen LogP contribution in [0.1, 0.15) is 18.4 Å². The molecule has 4 heterocycles. The number of pyridine rings is 1. The third-order valence-corrected chi connectivity index (χ3v) is 6.62. The molecular weight excluding hydrogens is 424 g/mol. The van der Waals surface area contributed by atoms with Gasteiger partial charge in [-0.2, -0.15) is 0 Å². The van der Waals surface area contributed by atoms with Crippen molar-refractivity contribution in [2.24, 2.45) is 7.05 Å². The number of hydrogen-bond acceptors (Lipinski definition) is 7. The Morgan fingerprint density at radius 3 is 2.75 bits per heavy atom. The molecule has 1 aliphatic rings. The minimum Gasteiger partial charge on any atom is -0.350 e. The highest BCUT2D eigenvalue weighted by atomic mass is 32.1. The zero-order valence-electron chi connectivity index (χ0n) is 17.6. The zero-order valence-corrected chi connectivity index (χ0v) is 18.4. The summed E-state index contributed by atoms with van der Waals surface area (Å²) in [6, 6.07) is 15.0. The van der Waals surface area contributed by atoms with Gasteiger partial charge >= 0.3 is 0 Å². The van der Waals surface area contributed by atoms with Crippen LogP contribution in [-0.2, 0) is 18.4 Å².